The zero-order valence-electron chi connectivity index (χ0n) is 14.4. The number of aliphatic hydroxyl groups excluding tert-OH is 3. The van der Waals surface area contributed by atoms with Crippen LogP contribution in [-0.4, -0.2) is 52.9 Å². The Kier molecular flexibility index (Phi) is 11.3. The van der Waals surface area contributed by atoms with E-state index in [9.17, 15) is 15.3 Å². The largest absolute Gasteiger partial charge is 0.499 e. The van der Waals surface area contributed by atoms with Crippen molar-refractivity contribution in [1.29, 1.82) is 0 Å². The molecule has 0 saturated carbocycles. The lowest BCUT2D eigenvalue weighted by atomic mass is 10.0. The maximum Gasteiger partial charge on any atom is 0.120 e. The Balaban J connectivity index is 1.94. The van der Waals surface area contributed by atoms with Crippen molar-refractivity contribution in [2.45, 2.75) is 89.1 Å². The topological polar surface area (TPSA) is 79.2 Å². The lowest BCUT2D eigenvalue weighted by Crippen LogP contribution is -2.54. The van der Waals surface area contributed by atoms with Crippen molar-refractivity contribution in [3.05, 3.63) is 12.3 Å². The van der Waals surface area contributed by atoms with Crippen LogP contribution in [0.15, 0.2) is 12.3 Å². The highest BCUT2D eigenvalue weighted by Gasteiger charge is 2.37. The van der Waals surface area contributed by atoms with Crippen LogP contribution in [0.2, 0.25) is 0 Å². The smallest absolute Gasteiger partial charge is 0.120 e. The minimum absolute atomic E-state index is 0.0220. The first kappa shape index (κ1) is 20.4. The van der Waals surface area contributed by atoms with Gasteiger partial charge in [-0.3, -0.25) is 0 Å². The van der Waals surface area contributed by atoms with Crippen LogP contribution in [0.1, 0.15) is 64.7 Å². The van der Waals surface area contributed by atoms with Crippen molar-refractivity contribution in [1.82, 2.24) is 0 Å². The molecule has 0 unspecified atom stereocenters. The van der Waals surface area contributed by atoms with Crippen LogP contribution in [0.3, 0.4) is 0 Å². The summed E-state index contributed by atoms with van der Waals surface area (Å²) in [5.41, 5.74) is 0. The van der Waals surface area contributed by atoms with E-state index in [-0.39, 0.29) is 13.2 Å². The first-order chi connectivity index (χ1) is 11.2. The predicted octanol–water partition coefficient (Wildman–Crippen LogP) is 2.53. The van der Waals surface area contributed by atoms with Crippen LogP contribution in [0.5, 0.6) is 0 Å². The molecule has 0 aromatic carbocycles. The molecular formula is C18H34O5. The number of rotatable bonds is 12. The summed E-state index contributed by atoms with van der Waals surface area (Å²) in [6.45, 7) is 2.44. The molecular weight excluding hydrogens is 296 g/mol. The fourth-order valence-electron chi connectivity index (χ4n) is 2.70. The SMILES string of the molecule is CCCCCCCCCC/C=C/OC[C@H]1OC[C@H](O)[C@@H](O)[C@@H]1O. The fourth-order valence-corrected chi connectivity index (χ4v) is 2.70. The number of unbranched alkanes of at least 4 members (excludes halogenated alkanes) is 8. The number of hydrogen-bond donors (Lipinski definition) is 3. The third kappa shape index (κ3) is 8.70. The molecule has 0 spiro atoms. The number of allylic oxidation sites excluding steroid dienone is 1. The second-order valence-electron chi connectivity index (χ2n) is 6.39. The molecule has 23 heavy (non-hydrogen) atoms. The molecule has 0 aromatic heterocycles. The molecule has 1 aliphatic rings. The summed E-state index contributed by atoms with van der Waals surface area (Å²) in [7, 11) is 0. The molecule has 5 nitrogen and oxygen atoms in total. The van der Waals surface area contributed by atoms with E-state index in [4.69, 9.17) is 9.47 Å². The van der Waals surface area contributed by atoms with E-state index < -0.39 is 24.4 Å². The summed E-state index contributed by atoms with van der Waals surface area (Å²) in [6, 6.07) is 0. The van der Waals surface area contributed by atoms with E-state index in [0.29, 0.717) is 0 Å². The maximum absolute atomic E-state index is 9.75. The van der Waals surface area contributed by atoms with Crippen LogP contribution in [-0.2, 0) is 9.47 Å². The molecule has 0 aliphatic carbocycles. The fraction of sp³-hybridized carbons (Fsp3) is 0.889. The van der Waals surface area contributed by atoms with E-state index in [1.807, 2.05) is 6.08 Å². The van der Waals surface area contributed by atoms with Gasteiger partial charge >= 0.3 is 0 Å². The van der Waals surface area contributed by atoms with Gasteiger partial charge in [-0.25, -0.2) is 0 Å². The van der Waals surface area contributed by atoms with Gasteiger partial charge in [0.1, 0.15) is 31.0 Å². The molecule has 0 radical (unpaired) electrons. The summed E-state index contributed by atoms with van der Waals surface area (Å²) in [4.78, 5) is 0. The summed E-state index contributed by atoms with van der Waals surface area (Å²) in [5.74, 6) is 0. The Hall–Kier alpha value is -0.620. The van der Waals surface area contributed by atoms with E-state index in [0.717, 1.165) is 6.42 Å². The van der Waals surface area contributed by atoms with E-state index in [1.165, 1.54) is 51.4 Å². The monoisotopic (exact) mass is 330 g/mol. The standard InChI is InChI=1S/C18H34O5/c1-2-3-4-5-6-7-8-9-10-11-12-22-14-16-18(21)17(20)15(19)13-23-16/h11-12,15-21H,2-10,13-14H2,1H3/b12-11+/t15-,16+,17+,18+/m0/s1. The van der Waals surface area contributed by atoms with Crippen molar-refractivity contribution >= 4 is 0 Å². The molecule has 3 N–H and O–H groups in total. The van der Waals surface area contributed by atoms with Crippen LogP contribution in [0, 0.1) is 0 Å². The minimum atomic E-state index is -1.17. The number of aliphatic hydroxyl groups is 3. The summed E-state index contributed by atoms with van der Waals surface area (Å²) < 4.78 is 10.6. The van der Waals surface area contributed by atoms with Crippen LogP contribution in [0.4, 0.5) is 0 Å². The number of hydrogen-bond acceptors (Lipinski definition) is 5. The first-order valence-corrected chi connectivity index (χ1v) is 9.09. The van der Waals surface area contributed by atoms with E-state index in [2.05, 4.69) is 6.92 Å². The average Bonchev–Trinajstić information content (AvgIpc) is 2.55. The van der Waals surface area contributed by atoms with E-state index in [1.54, 1.807) is 6.26 Å². The summed E-state index contributed by atoms with van der Waals surface area (Å²) in [6.07, 6.45) is 11.2. The molecule has 1 aliphatic heterocycles. The van der Waals surface area contributed by atoms with Gasteiger partial charge < -0.3 is 24.8 Å². The lowest BCUT2D eigenvalue weighted by Gasteiger charge is -2.34. The molecule has 0 aromatic rings. The van der Waals surface area contributed by atoms with Gasteiger partial charge in [-0.15, -0.1) is 0 Å². The van der Waals surface area contributed by atoms with Crippen molar-refractivity contribution < 1.29 is 24.8 Å². The Bertz CT molecular complexity index is 308. The molecule has 1 heterocycles. The van der Waals surface area contributed by atoms with Crippen LogP contribution >= 0.6 is 0 Å². The highest BCUT2D eigenvalue weighted by molar-refractivity contribution is 4.87. The zero-order chi connectivity index (χ0) is 16.9. The van der Waals surface area contributed by atoms with Crippen molar-refractivity contribution in [2.24, 2.45) is 0 Å². The molecule has 0 bridgehead atoms. The molecule has 4 atom stereocenters. The van der Waals surface area contributed by atoms with Crippen molar-refractivity contribution in [2.75, 3.05) is 13.2 Å². The minimum Gasteiger partial charge on any atom is -0.499 e. The van der Waals surface area contributed by atoms with Gasteiger partial charge in [0, 0.05) is 0 Å². The summed E-state index contributed by atoms with van der Waals surface area (Å²) >= 11 is 0. The average molecular weight is 330 g/mol. The zero-order valence-corrected chi connectivity index (χ0v) is 14.4. The quantitative estimate of drug-likeness (QED) is 0.378. The highest BCUT2D eigenvalue weighted by Crippen LogP contribution is 2.16. The molecule has 0 amide bonds. The second kappa shape index (κ2) is 12.8. The van der Waals surface area contributed by atoms with Crippen LogP contribution in [0.25, 0.3) is 0 Å². The van der Waals surface area contributed by atoms with Gasteiger partial charge in [-0.2, -0.15) is 0 Å². The van der Waals surface area contributed by atoms with Crippen molar-refractivity contribution in [3.8, 4) is 0 Å². The second-order valence-corrected chi connectivity index (χ2v) is 6.39. The van der Waals surface area contributed by atoms with Crippen molar-refractivity contribution in [3.63, 3.8) is 0 Å². The molecule has 136 valence electrons. The molecule has 5 heteroatoms. The van der Waals surface area contributed by atoms with Gasteiger partial charge in [-0.05, 0) is 18.9 Å². The van der Waals surface area contributed by atoms with E-state index >= 15 is 0 Å². The normalized spacial score (nSPS) is 28.3. The summed E-state index contributed by atoms with van der Waals surface area (Å²) in [5, 5.41) is 28.6. The first-order valence-electron chi connectivity index (χ1n) is 9.09. The van der Waals surface area contributed by atoms with Gasteiger partial charge in [0.15, 0.2) is 0 Å². The van der Waals surface area contributed by atoms with Gasteiger partial charge in [0.2, 0.25) is 0 Å². The molecule has 1 saturated heterocycles. The maximum atomic E-state index is 9.75. The lowest BCUT2D eigenvalue weighted by molar-refractivity contribution is -0.195. The Morgan fingerprint density at radius 1 is 0.957 bits per heavy atom. The predicted molar refractivity (Wildman–Crippen MR) is 90.1 cm³/mol. The Labute approximate surface area is 140 Å². The highest BCUT2D eigenvalue weighted by atomic mass is 16.6. The van der Waals surface area contributed by atoms with Gasteiger partial charge in [-0.1, -0.05) is 51.9 Å². The van der Waals surface area contributed by atoms with Crippen LogP contribution < -0.4 is 0 Å². The third-order valence-electron chi connectivity index (χ3n) is 4.28. The third-order valence-corrected chi connectivity index (χ3v) is 4.28. The molecule has 1 rings (SSSR count). The Morgan fingerprint density at radius 2 is 1.61 bits per heavy atom. The molecule has 1 fully saturated rings. The number of ether oxygens (including phenoxy) is 2. The van der Waals surface area contributed by atoms with Gasteiger partial charge in [0.05, 0.1) is 12.9 Å². The van der Waals surface area contributed by atoms with Gasteiger partial charge in [0.25, 0.3) is 0 Å². The Morgan fingerprint density at radius 3 is 2.30 bits per heavy atom.